The van der Waals surface area contributed by atoms with Gasteiger partial charge in [-0.2, -0.15) is 0 Å². The summed E-state index contributed by atoms with van der Waals surface area (Å²) in [6, 6.07) is 0. The van der Waals surface area contributed by atoms with Crippen LogP contribution in [0.3, 0.4) is 0 Å². The van der Waals surface area contributed by atoms with E-state index in [1.54, 1.807) is 0 Å². The van der Waals surface area contributed by atoms with Crippen LogP contribution in [0.5, 0.6) is 0 Å². The molecule has 78 heavy (non-hydrogen) atoms. The van der Waals surface area contributed by atoms with E-state index < -0.39 is 80.7 Å². The second kappa shape index (κ2) is 50.4. The van der Waals surface area contributed by atoms with Crippen LogP contribution in [-0.4, -0.2) is 142 Å². The lowest BCUT2D eigenvalue weighted by Gasteiger charge is -2.42. The van der Waals surface area contributed by atoms with Crippen molar-refractivity contribution in [1.82, 2.24) is 0 Å². The van der Waals surface area contributed by atoms with Crippen molar-refractivity contribution >= 4 is 5.97 Å². The van der Waals surface area contributed by atoms with Crippen LogP contribution in [0.1, 0.15) is 239 Å². The van der Waals surface area contributed by atoms with Gasteiger partial charge in [-0.15, -0.1) is 0 Å². The van der Waals surface area contributed by atoms with Gasteiger partial charge < -0.3 is 64.2 Å². The number of rotatable bonds is 51. The van der Waals surface area contributed by atoms with Crippen LogP contribution in [0.4, 0.5) is 0 Å². The molecule has 7 N–H and O–H groups in total. The average Bonchev–Trinajstić information content (AvgIpc) is 3.45. The van der Waals surface area contributed by atoms with Crippen molar-refractivity contribution in [3.63, 3.8) is 0 Å². The Kier molecular flexibility index (Phi) is 46.4. The molecular weight excluding hydrogens is 993 g/mol. The molecule has 0 amide bonds. The van der Waals surface area contributed by atoms with E-state index in [0.717, 1.165) is 70.6 Å². The predicted molar refractivity (Wildman–Crippen MR) is 312 cm³/mol. The molecular formula is C64H114O14. The van der Waals surface area contributed by atoms with E-state index in [4.69, 9.17) is 28.4 Å². The molecule has 0 saturated carbocycles. The smallest absolute Gasteiger partial charge is 0.306 e. The van der Waals surface area contributed by atoms with Crippen LogP contribution in [0, 0.1) is 0 Å². The highest BCUT2D eigenvalue weighted by atomic mass is 16.7. The molecule has 2 heterocycles. The second-order valence-corrected chi connectivity index (χ2v) is 21.8. The molecule has 11 atom stereocenters. The summed E-state index contributed by atoms with van der Waals surface area (Å²) in [5, 5.41) is 72.5. The van der Waals surface area contributed by atoms with Crippen LogP contribution in [0.2, 0.25) is 0 Å². The van der Waals surface area contributed by atoms with Crippen molar-refractivity contribution in [2.75, 3.05) is 33.0 Å². The van der Waals surface area contributed by atoms with E-state index in [1.807, 2.05) is 0 Å². The normalized spacial score (nSPS) is 24.5. The minimum atomic E-state index is -1.71. The minimum absolute atomic E-state index is 0.0585. The first kappa shape index (κ1) is 71.8. The number of carbonyl (C=O) groups excluding carboxylic acids is 1. The first-order chi connectivity index (χ1) is 38.1. The van der Waals surface area contributed by atoms with Crippen LogP contribution in [-0.2, 0) is 33.2 Å². The van der Waals surface area contributed by atoms with Gasteiger partial charge in [0.25, 0.3) is 0 Å². The van der Waals surface area contributed by atoms with Gasteiger partial charge in [0.05, 0.1) is 26.4 Å². The third kappa shape index (κ3) is 36.2. The summed E-state index contributed by atoms with van der Waals surface area (Å²) in [4.78, 5) is 13.1. The van der Waals surface area contributed by atoms with Crippen molar-refractivity contribution in [3.05, 3.63) is 60.8 Å². The topological polar surface area (TPSA) is 214 Å². The monoisotopic (exact) mass is 1110 g/mol. The van der Waals surface area contributed by atoms with Crippen molar-refractivity contribution in [2.24, 2.45) is 0 Å². The number of allylic oxidation sites excluding steroid dienone is 10. The summed E-state index contributed by atoms with van der Waals surface area (Å²) in [5.74, 6) is -0.379. The Balaban J connectivity index is 1.67. The molecule has 454 valence electrons. The Morgan fingerprint density at radius 1 is 0.436 bits per heavy atom. The van der Waals surface area contributed by atoms with Gasteiger partial charge in [-0.05, 0) is 77.0 Å². The van der Waals surface area contributed by atoms with Crippen LogP contribution < -0.4 is 0 Å². The number of aliphatic hydroxyl groups excluding tert-OH is 7. The van der Waals surface area contributed by atoms with E-state index in [0.29, 0.717) is 13.0 Å². The summed E-state index contributed by atoms with van der Waals surface area (Å²) >= 11 is 0. The quantitative estimate of drug-likeness (QED) is 0.0172. The van der Waals surface area contributed by atoms with Crippen molar-refractivity contribution < 1.29 is 69.0 Å². The molecule has 0 spiro atoms. The maximum absolute atomic E-state index is 13.1. The summed E-state index contributed by atoms with van der Waals surface area (Å²) in [5.41, 5.74) is 0. The number of aliphatic hydroxyl groups is 7. The largest absolute Gasteiger partial charge is 0.457 e. The SMILES string of the molecule is CC/C=C\C/C=C\C/C=C\C/C=C\CCCCCCCCCCCCCCCOCC(COC1OC(COC2OC(CO)C(O)C(O)C2O)C(O)C(O)C1O)OC(=O)CCCCCCCCC/C=C\CCCCCCCCC. The lowest BCUT2D eigenvalue weighted by atomic mass is 9.98. The zero-order valence-electron chi connectivity index (χ0n) is 48.9. The van der Waals surface area contributed by atoms with E-state index >= 15 is 0 Å². The Morgan fingerprint density at radius 3 is 1.32 bits per heavy atom. The van der Waals surface area contributed by atoms with Gasteiger partial charge in [0.1, 0.15) is 54.9 Å². The molecule has 14 heteroatoms. The van der Waals surface area contributed by atoms with Gasteiger partial charge in [0.2, 0.25) is 0 Å². The lowest BCUT2D eigenvalue weighted by Crippen LogP contribution is -2.61. The van der Waals surface area contributed by atoms with Gasteiger partial charge in [0.15, 0.2) is 12.6 Å². The highest BCUT2D eigenvalue weighted by molar-refractivity contribution is 5.69. The Bertz CT molecular complexity index is 1520. The Morgan fingerprint density at radius 2 is 0.833 bits per heavy atom. The lowest BCUT2D eigenvalue weighted by molar-refractivity contribution is -0.332. The van der Waals surface area contributed by atoms with Crippen molar-refractivity contribution in [3.8, 4) is 0 Å². The molecule has 0 bridgehead atoms. The molecule has 0 aliphatic carbocycles. The number of hydrogen-bond donors (Lipinski definition) is 7. The van der Waals surface area contributed by atoms with Crippen LogP contribution in [0.25, 0.3) is 0 Å². The molecule has 0 aromatic rings. The van der Waals surface area contributed by atoms with E-state index in [9.17, 15) is 40.5 Å². The fourth-order valence-corrected chi connectivity index (χ4v) is 9.74. The maximum atomic E-state index is 13.1. The summed E-state index contributed by atoms with van der Waals surface area (Å²) in [6.07, 6.45) is 47.1. The van der Waals surface area contributed by atoms with Gasteiger partial charge in [-0.3, -0.25) is 4.79 Å². The maximum Gasteiger partial charge on any atom is 0.306 e. The summed E-state index contributed by atoms with van der Waals surface area (Å²) < 4.78 is 34.5. The second-order valence-electron chi connectivity index (χ2n) is 21.8. The van der Waals surface area contributed by atoms with E-state index in [2.05, 4.69) is 74.6 Å². The molecule has 2 fully saturated rings. The first-order valence-corrected chi connectivity index (χ1v) is 31.4. The molecule has 2 aliphatic heterocycles. The number of esters is 1. The van der Waals surface area contributed by atoms with Crippen molar-refractivity contribution in [2.45, 2.75) is 306 Å². The molecule has 11 unspecified atom stereocenters. The molecule has 2 aliphatic rings. The zero-order chi connectivity index (χ0) is 56.5. The van der Waals surface area contributed by atoms with Crippen LogP contribution >= 0.6 is 0 Å². The van der Waals surface area contributed by atoms with Gasteiger partial charge in [-0.25, -0.2) is 0 Å². The average molecular weight is 1110 g/mol. The third-order valence-electron chi connectivity index (χ3n) is 14.8. The molecule has 0 aromatic carbocycles. The number of hydrogen-bond acceptors (Lipinski definition) is 14. The Hall–Kier alpha value is -2.31. The van der Waals surface area contributed by atoms with Gasteiger partial charge >= 0.3 is 5.97 Å². The number of unbranched alkanes of at least 4 members (excludes halogenated alkanes) is 27. The number of ether oxygens (including phenoxy) is 6. The molecule has 14 nitrogen and oxygen atoms in total. The molecule has 2 saturated heterocycles. The predicted octanol–water partition coefficient (Wildman–Crippen LogP) is 12.0. The molecule has 0 radical (unpaired) electrons. The zero-order valence-corrected chi connectivity index (χ0v) is 48.9. The van der Waals surface area contributed by atoms with Gasteiger partial charge in [0, 0.05) is 13.0 Å². The summed E-state index contributed by atoms with van der Waals surface area (Å²) in [7, 11) is 0. The summed E-state index contributed by atoms with van der Waals surface area (Å²) in [6.45, 7) is 3.59. The fourth-order valence-electron chi connectivity index (χ4n) is 9.74. The van der Waals surface area contributed by atoms with Crippen molar-refractivity contribution in [1.29, 1.82) is 0 Å². The van der Waals surface area contributed by atoms with E-state index in [1.165, 1.54) is 141 Å². The minimum Gasteiger partial charge on any atom is -0.457 e. The number of carbonyl (C=O) groups is 1. The molecule has 2 rings (SSSR count). The highest BCUT2D eigenvalue weighted by Crippen LogP contribution is 2.27. The fraction of sp³-hybridized carbons (Fsp3) is 0.828. The van der Waals surface area contributed by atoms with Gasteiger partial charge in [-0.1, -0.05) is 216 Å². The highest BCUT2D eigenvalue weighted by Gasteiger charge is 2.47. The first-order valence-electron chi connectivity index (χ1n) is 31.4. The molecule has 0 aromatic heterocycles. The Labute approximate surface area is 473 Å². The van der Waals surface area contributed by atoms with E-state index in [-0.39, 0.29) is 25.6 Å². The van der Waals surface area contributed by atoms with Crippen LogP contribution in [0.15, 0.2) is 60.8 Å². The standard InChI is InChI=1S/C64H114O14/c1-3-5-7-9-11-13-15-17-19-21-23-24-25-26-27-28-29-30-32-34-36-38-40-42-44-46-48-73-50-53(76-56(66)47-45-43-41-39-37-35-33-31-22-20-18-16-14-12-10-8-6-4-2)51-74-63-62(72)60(70)58(68)55(78-63)52-75-64-61(71)59(69)57(67)54(49-65)77-64/h5,7,11,13,17,19-20,22-24,53-55,57-65,67-72H,3-4,6,8-10,12,14-16,18,21,25-52H2,1-2H3/b7-5-,13-11-,19-17-,22-20-,24-23-. The third-order valence-corrected chi connectivity index (χ3v) is 14.8.